The fourth-order valence-corrected chi connectivity index (χ4v) is 2.51. The van der Waals surface area contributed by atoms with Gasteiger partial charge in [-0.05, 0) is 24.7 Å². The first kappa shape index (κ1) is 11.9. The van der Waals surface area contributed by atoms with Crippen LogP contribution in [0.2, 0.25) is 0 Å². The van der Waals surface area contributed by atoms with Gasteiger partial charge < -0.3 is 15.4 Å². The van der Waals surface area contributed by atoms with Gasteiger partial charge in [0.1, 0.15) is 5.54 Å². The van der Waals surface area contributed by atoms with Crippen molar-refractivity contribution in [2.24, 2.45) is 17.6 Å². The Morgan fingerprint density at radius 3 is 2.75 bits per heavy atom. The van der Waals surface area contributed by atoms with Gasteiger partial charge in [-0.3, -0.25) is 4.79 Å². The Morgan fingerprint density at radius 2 is 2.19 bits per heavy atom. The molecule has 0 aromatic rings. The highest BCUT2D eigenvalue weighted by molar-refractivity contribution is 5.86. The first-order valence-corrected chi connectivity index (χ1v) is 6.19. The van der Waals surface area contributed by atoms with Crippen LogP contribution in [0.15, 0.2) is 0 Å². The van der Waals surface area contributed by atoms with E-state index >= 15 is 0 Å². The highest BCUT2D eigenvalue weighted by atomic mass is 16.5. The minimum absolute atomic E-state index is 0.0868. The van der Waals surface area contributed by atoms with Crippen molar-refractivity contribution in [1.82, 2.24) is 4.90 Å². The number of carbonyl (C=O) groups is 1. The summed E-state index contributed by atoms with van der Waals surface area (Å²) in [6.45, 7) is 7.15. The van der Waals surface area contributed by atoms with E-state index in [2.05, 4.69) is 13.8 Å². The number of nitrogens with two attached hydrogens (primary N) is 1. The van der Waals surface area contributed by atoms with Crippen LogP contribution in [0.3, 0.4) is 0 Å². The Bertz CT molecular complexity index is 274. The molecule has 2 saturated heterocycles. The lowest BCUT2D eigenvalue weighted by molar-refractivity contribution is -0.139. The second-order valence-corrected chi connectivity index (χ2v) is 5.45. The molecule has 4 heteroatoms. The molecule has 3 atom stereocenters. The van der Waals surface area contributed by atoms with Gasteiger partial charge >= 0.3 is 0 Å². The van der Waals surface area contributed by atoms with Crippen LogP contribution in [0, 0.1) is 11.8 Å². The van der Waals surface area contributed by atoms with E-state index in [1.165, 1.54) is 0 Å². The number of hydrogen-bond donors (Lipinski definition) is 1. The summed E-state index contributed by atoms with van der Waals surface area (Å²) in [5.74, 6) is 1.37. The molecule has 0 aliphatic carbocycles. The standard InChI is InChI=1S/C12H22N2O2/c1-9-3-5-14(7-10(9)2)11(15)12(13)4-6-16-8-12/h9-10H,3-8,13H2,1-2H3. The topological polar surface area (TPSA) is 55.6 Å². The van der Waals surface area contributed by atoms with Crippen LogP contribution in [-0.2, 0) is 9.53 Å². The maximum Gasteiger partial charge on any atom is 0.245 e. The number of rotatable bonds is 1. The Hall–Kier alpha value is -0.610. The van der Waals surface area contributed by atoms with Gasteiger partial charge in [0.25, 0.3) is 0 Å². The van der Waals surface area contributed by atoms with Crippen molar-refractivity contribution in [3.05, 3.63) is 0 Å². The minimum atomic E-state index is -0.750. The lowest BCUT2D eigenvalue weighted by Crippen LogP contribution is -2.58. The molecule has 2 heterocycles. The Labute approximate surface area is 97.1 Å². The van der Waals surface area contributed by atoms with E-state index in [1.54, 1.807) is 0 Å². The molecular weight excluding hydrogens is 204 g/mol. The number of ether oxygens (including phenoxy) is 1. The summed E-state index contributed by atoms with van der Waals surface area (Å²) < 4.78 is 5.25. The largest absolute Gasteiger partial charge is 0.379 e. The first-order chi connectivity index (χ1) is 7.53. The maximum absolute atomic E-state index is 12.3. The van der Waals surface area contributed by atoms with E-state index in [4.69, 9.17) is 10.5 Å². The summed E-state index contributed by atoms with van der Waals surface area (Å²) in [6.07, 6.45) is 1.75. The number of amides is 1. The SMILES string of the molecule is CC1CCN(C(=O)C2(N)CCOC2)CC1C. The van der Waals surface area contributed by atoms with Gasteiger partial charge in [-0.15, -0.1) is 0 Å². The quantitative estimate of drug-likeness (QED) is 0.712. The van der Waals surface area contributed by atoms with Crippen LogP contribution in [0.1, 0.15) is 26.7 Å². The second kappa shape index (κ2) is 4.34. The summed E-state index contributed by atoms with van der Waals surface area (Å²) in [4.78, 5) is 14.2. The van der Waals surface area contributed by atoms with Crippen LogP contribution in [0.5, 0.6) is 0 Å². The molecule has 92 valence electrons. The molecule has 2 aliphatic heterocycles. The highest BCUT2D eigenvalue weighted by Gasteiger charge is 2.42. The van der Waals surface area contributed by atoms with Gasteiger partial charge in [0.05, 0.1) is 6.61 Å². The van der Waals surface area contributed by atoms with Crippen LogP contribution in [0.25, 0.3) is 0 Å². The van der Waals surface area contributed by atoms with E-state index in [0.717, 1.165) is 19.5 Å². The van der Waals surface area contributed by atoms with Crippen LogP contribution in [-0.4, -0.2) is 42.6 Å². The summed E-state index contributed by atoms with van der Waals surface area (Å²) in [5.41, 5.74) is 5.35. The zero-order chi connectivity index (χ0) is 11.8. The van der Waals surface area contributed by atoms with E-state index in [1.807, 2.05) is 4.90 Å². The van der Waals surface area contributed by atoms with E-state index in [0.29, 0.717) is 31.5 Å². The summed E-state index contributed by atoms with van der Waals surface area (Å²) >= 11 is 0. The van der Waals surface area contributed by atoms with Crippen LogP contribution >= 0.6 is 0 Å². The van der Waals surface area contributed by atoms with Crippen molar-refractivity contribution < 1.29 is 9.53 Å². The van der Waals surface area contributed by atoms with Crippen molar-refractivity contribution in [2.45, 2.75) is 32.2 Å². The zero-order valence-corrected chi connectivity index (χ0v) is 10.2. The van der Waals surface area contributed by atoms with Gasteiger partial charge in [0.2, 0.25) is 5.91 Å². The van der Waals surface area contributed by atoms with Gasteiger partial charge in [-0.2, -0.15) is 0 Å². The fraction of sp³-hybridized carbons (Fsp3) is 0.917. The van der Waals surface area contributed by atoms with E-state index in [-0.39, 0.29) is 5.91 Å². The third-order valence-electron chi connectivity index (χ3n) is 4.10. The van der Waals surface area contributed by atoms with E-state index in [9.17, 15) is 4.79 Å². The molecule has 0 radical (unpaired) electrons. The third-order valence-corrected chi connectivity index (χ3v) is 4.10. The Kier molecular flexibility index (Phi) is 3.22. The molecule has 2 fully saturated rings. The number of likely N-dealkylation sites (tertiary alicyclic amines) is 1. The fourth-order valence-electron chi connectivity index (χ4n) is 2.51. The van der Waals surface area contributed by atoms with Crippen molar-refractivity contribution in [1.29, 1.82) is 0 Å². The first-order valence-electron chi connectivity index (χ1n) is 6.19. The normalized spacial score (nSPS) is 40.1. The monoisotopic (exact) mass is 226 g/mol. The minimum Gasteiger partial charge on any atom is -0.379 e. The predicted octanol–water partition coefficient (Wildman–Crippen LogP) is 0.609. The predicted molar refractivity (Wildman–Crippen MR) is 61.9 cm³/mol. The average molecular weight is 226 g/mol. The number of nitrogens with zero attached hydrogens (tertiary/aromatic N) is 1. The summed E-state index contributed by atoms with van der Waals surface area (Å²) in [5, 5.41) is 0. The smallest absolute Gasteiger partial charge is 0.245 e. The molecule has 0 bridgehead atoms. The lowest BCUT2D eigenvalue weighted by atomic mass is 9.87. The molecule has 0 spiro atoms. The lowest BCUT2D eigenvalue weighted by Gasteiger charge is -2.38. The molecule has 0 saturated carbocycles. The number of carbonyl (C=O) groups excluding carboxylic acids is 1. The third kappa shape index (κ3) is 2.09. The van der Waals surface area contributed by atoms with Crippen molar-refractivity contribution >= 4 is 5.91 Å². The number of piperidine rings is 1. The van der Waals surface area contributed by atoms with Gasteiger partial charge in [0.15, 0.2) is 0 Å². The molecule has 2 aliphatic rings. The van der Waals surface area contributed by atoms with Gasteiger partial charge in [-0.1, -0.05) is 13.8 Å². The molecule has 2 rings (SSSR count). The zero-order valence-electron chi connectivity index (χ0n) is 10.2. The molecule has 2 N–H and O–H groups in total. The summed E-state index contributed by atoms with van der Waals surface area (Å²) in [7, 11) is 0. The Morgan fingerprint density at radius 1 is 1.44 bits per heavy atom. The molecule has 0 aromatic carbocycles. The maximum atomic E-state index is 12.3. The molecule has 0 aromatic heterocycles. The molecule has 1 amide bonds. The van der Waals surface area contributed by atoms with Gasteiger partial charge in [-0.25, -0.2) is 0 Å². The van der Waals surface area contributed by atoms with Crippen LogP contribution < -0.4 is 5.73 Å². The van der Waals surface area contributed by atoms with Crippen LogP contribution in [0.4, 0.5) is 0 Å². The molecular formula is C12H22N2O2. The summed E-state index contributed by atoms with van der Waals surface area (Å²) in [6, 6.07) is 0. The van der Waals surface area contributed by atoms with E-state index < -0.39 is 5.54 Å². The van der Waals surface area contributed by atoms with Crippen molar-refractivity contribution in [3.8, 4) is 0 Å². The number of hydrogen-bond acceptors (Lipinski definition) is 3. The Balaban J connectivity index is 2.00. The van der Waals surface area contributed by atoms with Crippen molar-refractivity contribution in [2.75, 3.05) is 26.3 Å². The van der Waals surface area contributed by atoms with Gasteiger partial charge in [0, 0.05) is 19.7 Å². The van der Waals surface area contributed by atoms with Crippen molar-refractivity contribution in [3.63, 3.8) is 0 Å². The molecule has 3 unspecified atom stereocenters. The average Bonchev–Trinajstić information content (AvgIpc) is 2.70. The highest BCUT2D eigenvalue weighted by Crippen LogP contribution is 2.26. The molecule has 4 nitrogen and oxygen atoms in total. The molecule has 16 heavy (non-hydrogen) atoms. The second-order valence-electron chi connectivity index (χ2n) is 5.45.